The van der Waals surface area contributed by atoms with Crippen LogP contribution in [0.2, 0.25) is 5.02 Å². The highest BCUT2D eigenvalue weighted by atomic mass is 35.5. The topological polar surface area (TPSA) is 58.6 Å². The Morgan fingerprint density at radius 2 is 2.00 bits per heavy atom. The van der Waals surface area contributed by atoms with Crippen LogP contribution in [0.1, 0.15) is 37.8 Å². The molecule has 1 saturated heterocycles. The molecule has 1 unspecified atom stereocenters. The maximum atomic E-state index is 12.5. The molecule has 3 rings (SSSR count). The zero-order valence-electron chi connectivity index (χ0n) is 13.2. The molecule has 2 heterocycles. The molecule has 23 heavy (non-hydrogen) atoms. The van der Waals surface area contributed by atoms with E-state index in [0.29, 0.717) is 24.7 Å². The van der Waals surface area contributed by atoms with Crippen molar-refractivity contribution in [3.05, 3.63) is 28.8 Å². The molecule has 2 aliphatic heterocycles. The molecule has 6 heteroatoms. The molecule has 1 fully saturated rings. The van der Waals surface area contributed by atoms with Crippen LogP contribution in [0.15, 0.2) is 18.2 Å². The number of fused-ring (bicyclic) bond motifs is 1. The first-order chi connectivity index (χ1) is 11.0. The summed E-state index contributed by atoms with van der Waals surface area (Å²) in [6, 6.07) is 5.44. The average molecular weight is 337 g/mol. The highest BCUT2D eigenvalue weighted by Gasteiger charge is 2.29. The summed E-state index contributed by atoms with van der Waals surface area (Å²) in [5, 5.41) is 3.78. The van der Waals surface area contributed by atoms with Crippen molar-refractivity contribution in [2.24, 2.45) is 5.92 Å². The van der Waals surface area contributed by atoms with E-state index < -0.39 is 0 Å². The number of hydrogen-bond acceptors (Lipinski definition) is 3. The maximum absolute atomic E-state index is 12.5. The predicted octanol–water partition coefficient (Wildman–Crippen LogP) is 2.54. The van der Waals surface area contributed by atoms with Gasteiger partial charge in [-0.2, -0.15) is 0 Å². The maximum Gasteiger partial charge on any atom is 0.223 e. The number of nitrogens with zero attached hydrogens (tertiary/aromatic N) is 1. The van der Waals surface area contributed by atoms with Crippen LogP contribution >= 0.6 is 11.6 Å². The lowest BCUT2D eigenvalue weighted by atomic mass is 9.94. The summed E-state index contributed by atoms with van der Waals surface area (Å²) in [5.74, 6) is 0.899. The van der Waals surface area contributed by atoms with E-state index in [1.54, 1.807) is 17.9 Å². The second kappa shape index (κ2) is 6.79. The van der Waals surface area contributed by atoms with Crippen LogP contribution in [0.25, 0.3) is 0 Å². The van der Waals surface area contributed by atoms with Crippen LogP contribution in [0.3, 0.4) is 0 Å². The number of amides is 2. The SMILES string of the molecule is CC(=O)N1CCC(C(=O)NC2CCOc3ccc(Cl)cc32)CC1. The lowest BCUT2D eigenvalue weighted by Gasteiger charge is -2.32. The number of hydrogen-bond donors (Lipinski definition) is 1. The van der Waals surface area contributed by atoms with Crippen LogP contribution in [0, 0.1) is 5.92 Å². The van der Waals surface area contributed by atoms with Crippen LogP contribution in [-0.2, 0) is 9.59 Å². The molecule has 1 N–H and O–H groups in total. The first-order valence-electron chi connectivity index (χ1n) is 8.02. The summed E-state index contributed by atoms with van der Waals surface area (Å²) in [5.41, 5.74) is 0.943. The Morgan fingerprint density at radius 1 is 1.26 bits per heavy atom. The van der Waals surface area contributed by atoms with Crippen molar-refractivity contribution >= 4 is 23.4 Å². The third kappa shape index (κ3) is 3.61. The molecular formula is C17H21ClN2O3. The van der Waals surface area contributed by atoms with Crippen LogP contribution in [0.4, 0.5) is 0 Å². The van der Waals surface area contributed by atoms with E-state index in [4.69, 9.17) is 16.3 Å². The van der Waals surface area contributed by atoms with Gasteiger partial charge in [0.2, 0.25) is 11.8 Å². The first kappa shape index (κ1) is 16.1. The molecule has 0 aromatic heterocycles. The monoisotopic (exact) mass is 336 g/mol. The molecule has 0 aliphatic carbocycles. The van der Waals surface area contributed by atoms with E-state index in [1.165, 1.54) is 0 Å². The van der Waals surface area contributed by atoms with Crippen LogP contribution < -0.4 is 10.1 Å². The van der Waals surface area contributed by atoms with Gasteiger partial charge >= 0.3 is 0 Å². The Hall–Kier alpha value is -1.75. The quantitative estimate of drug-likeness (QED) is 0.903. The van der Waals surface area contributed by atoms with Crippen LogP contribution in [0.5, 0.6) is 5.75 Å². The molecule has 0 radical (unpaired) electrons. The van der Waals surface area contributed by atoms with Gasteiger partial charge in [-0.25, -0.2) is 0 Å². The van der Waals surface area contributed by atoms with Crippen molar-refractivity contribution in [1.29, 1.82) is 0 Å². The summed E-state index contributed by atoms with van der Waals surface area (Å²) in [6.07, 6.45) is 2.18. The highest BCUT2D eigenvalue weighted by Crippen LogP contribution is 2.34. The standard InChI is InChI=1S/C17H21ClN2O3/c1-11(21)20-7-4-12(5-8-20)17(22)19-15-6-9-23-16-3-2-13(18)10-14(15)16/h2-3,10,12,15H,4-9H2,1H3,(H,19,22). The fraction of sp³-hybridized carbons (Fsp3) is 0.529. The van der Waals surface area contributed by atoms with Crippen molar-refractivity contribution in [3.8, 4) is 5.75 Å². The number of likely N-dealkylation sites (tertiary alicyclic amines) is 1. The van der Waals surface area contributed by atoms with Gasteiger partial charge in [-0.15, -0.1) is 0 Å². The molecule has 1 aromatic rings. The van der Waals surface area contributed by atoms with Gasteiger partial charge in [-0.3, -0.25) is 9.59 Å². The van der Waals surface area contributed by atoms with E-state index in [1.807, 2.05) is 12.1 Å². The molecule has 5 nitrogen and oxygen atoms in total. The second-order valence-electron chi connectivity index (χ2n) is 6.16. The van der Waals surface area contributed by atoms with Crippen molar-refractivity contribution in [1.82, 2.24) is 10.2 Å². The molecule has 0 spiro atoms. The summed E-state index contributed by atoms with van der Waals surface area (Å²) >= 11 is 6.07. The molecular weight excluding hydrogens is 316 g/mol. The minimum atomic E-state index is -0.0595. The summed E-state index contributed by atoms with van der Waals surface area (Å²) < 4.78 is 5.62. The van der Waals surface area contributed by atoms with E-state index in [-0.39, 0.29) is 23.8 Å². The van der Waals surface area contributed by atoms with Gasteiger partial charge in [0, 0.05) is 42.9 Å². The van der Waals surface area contributed by atoms with E-state index in [0.717, 1.165) is 30.6 Å². The number of carbonyl (C=O) groups excluding carboxylic acids is 2. The van der Waals surface area contributed by atoms with Gasteiger partial charge in [-0.05, 0) is 31.0 Å². The van der Waals surface area contributed by atoms with Gasteiger partial charge in [-0.1, -0.05) is 11.6 Å². The van der Waals surface area contributed by atoms with Gasteiger partial charge in [0.15, 0.2) is 0 Å². The Kier molecular flexibility index (Phi) is 4.76. The molecule has 1 aromatic carbocycles. The van der Waals surface area contributed by atoms with Crippen molar-refractivity contribution in [2.75, 3.05) is 19.7 Å². The summed E-state index contributed by atoms with van der Waals surface area (Å²) in [7, 11) is 0. The average Bonchev–Trinajstić information content (AvgIpc) is 2.55. The Bertz CT molecular complexity index is 612. The molecule has 0 bridgehead atoms. The minimum Gasteiger partial charge on any atom is -0.493 e. The Balaban J connectivity index is 1.63. The number of piperidine rings is 1. The van der Waals surface area contributed by atoms with Gasteiger partial charge < -0.3 is 15.0 Å². The van der Waals surface area contributed by atoms with Gasteiger partial charge in [0.05, 0.1) is 12.6 Å². The molecule has 2 amide bonds. The van der Waals surface area contributed by atoms with E-state index in [9.17, 15) is 9.59 Å². The zero-order chi connectivity index (χ0) is 16.4. The summed E-state index contributed by atoms with van der Waals surface area (Å²) in [6.45, 7) is 3.47. The Labute approximate surface area is 140 Å². The lowest BCUT2D eigenvalue weighted by molar-refractivity contribution is -0.134. The molecule has 1 atom stereocenters. The number of nitrogens with one attached hydrogen (secondary N) is 1. The first-order valence-corrected chi connectivity index (χ1v) is 8.40. The van der Waals surface area contributed by atoms with Crippen LogP contribution in [-0.4, -0.2) is 36.4 Å². The number of ether oxygens (including phenoxy) is 1. The van der Waals surface area contributed by atoms with Crippen molar-refractivity contribution in [3.63, 3.8) is 0 Å². The zero-order valence-corrected chi connectivity index (χ0v) is 13.9. The second-order valence-corrected chi connectivity index (χ2v) is 6.60. The lowest BCUT2D eigenvalue weighted by Crippen LogP contribution is -2.43. The number of carbonyl (C=O) groups is 2. The van der Waals surface area contributed by atoms with Gasteiger partial charge in [0.1, 0.15) is 5.75 Å². The van der Waals surface area contributed by atoms with E-state index >= 15 is 0 Å². The third-order valence-corrected chi connectivity index (χ3v) is 4.87. The highest BCUT2D eigenvalue weighted by molar-refractivity contribution is 6.30. The Morgan fingerprint density at radius 3 is 2.70 bits per heavy atom. The summed E-state index contributed by atoms with van der Waals surface area (Å²) in [4.78, 5) is 25.7. The number of halogens is 1. The van der Waals surface area contributed by atoms with E-state index in [2.05, 4.69) is 5.32 Å². The minimum absolute atomic E-state index is 0.0314. The largest absolute Gasteiger partial charge is 0.493 e. The normalized spacial score (nSPS) is 21.3. The number of benzene rings is 1. The third-order valence-electron chi connectivity index (χ3n) is 4.64. The smallest absolute Gasteiger partial charge is 0.223 e. The van der Waals surface area contributed by atoms with Gasteiger partial charge in [0.25, 0.3) is 0 Å². The fourth-order valence-corrected chi connectivity index (χ4v) is 3.44. The molecule has 124 valence electrons. The van der Waals surface area contributed by atoms with Crippen molar-refractivity contribution in [2.45, 2.75) is 32.2 Å². The number of rotatable bonds is 2. The molecule has 2 aliphatic rings. The predicted molar refractivity (Wildman–Crippen MR) is 87.4 cm³/mol. The fourth-order valence-electron chi connectivity index (χ4n) is 3.26. The molecule has 0 saturated carbocycles. The van der Waals surface area contributed by atoms with Crippen molar-refractivity contribution < 1.29 is 14.3 Å².